The second-order valence-corrected chi connectivity index (χ2v) is 9.22. The third-order valence-electron chi connectivity index (χ3n) is 5.27. The molecule has 0 fully saturated rings. The van der Waals surface area contributed by atoms with Gasteiger partial charge in [-0.05, 0) is 60.6 Å². The Labute approximate surface area is 179 Å². The first-order valence-corrected chi connectivity index (χ1v) is 10.7. The minimum atomic E-state index is -1.30. The van der Waals surface area contributed by atoms with E-state index in [0.29, 0.717) is 5.56 Å². The molecule has 4 nitrogen and oxygen atoms in total. The lowest BCUT2D eigenvalue weighted by Gasteiger charge is -2.21. The number of rotatable bonds is 5. The zero-order chi connectivity index (χ0) is 20.6. The van der Waals surface area contributed by atoms with Gasteiger partial charge >= 0.3 is 0 Å². The molecule has 0 spiro atoms. The van der Waals surface area contributed by atoms with Crippen LogP contribution >= 0.6 is 22.9 Å². The van der Waals surface area contributed by atoms with Crippen molar-refractivity contribution in [1.29, 1.82) is 0 Å². The number of pyridine rings is 1. The van der Waals surface area contributed by atoms with Crippen LogP contribution in [0, 0.1) is 0 Å². The lowest BCUT2D eigenvalue weighted by Crippen LogP contribution is -2.25. The van der Waals surface area contributed by atoms with Gasteiger partial charge in [-0.25, -0.2) is 0 Å². The highest BCUT2D eigenvalue weighted by Crippen LogP contribution is 2.37. The van der Waals surface area contributed by atoms with Crippen LogP contribution in [0.3, 0.4) is 0 Å². The van der Waals surface area contributed by atoms with Gasteiger partial charge in [-0.1, -0.05) is 29.8 Å². The van der Waals surface area contributed by atoms with Crippen molar-refractivity contribution in [3.63, 3.8) is 0 Å². The van der Waals surface area contributed by atoms with Crippen molar-refractivity contribution >= 4 is 33.0 Å². The van der Waals surface area contributed by atoms with Gasteiger partial charge in [0.1, 0.15) is 5.60 Å². The predicted octanol–water partition coefficient (Wildman–Crippen LogP) is 4.83. The molecule has 150 valence electrons. The van der Waals surface area contributed by atoms with Gasteiger partial charge in [0.05, 0.1) is 12.3 Å². The van der Waals surface area contributed by atoms with Crippen LogP contribution in [0.2, 0.25) is 0 Å². The maximum atomic E-state index is 10.4. The van der Waals surface area contributed by atoms with Crippen LogP contribution in [0.4, 0.5) is 0 Å². The Morgan fingerprint density at radius 3 is 2.86 bits per heavy atom. The first kappa shape index (κ1) is 20.1. The van der Waals surface area contributed by atoms with Crippen LogP contribution in [-0.2, 0) is 12.0 Å². The molecule has 1 aromatic carbocycles. The van der Waals surface area contributed by atoms with Crippen LogP contribution in [0.25, 0.3) is 21.3 Å². The Kier molecular flexibility index (Phi) is 5.49. The summed E-state index contributed by atoms with van der Waals surface area (Å²) >= 11 is 8.15. The second kappa shape index (κ2) is 7.92. The van der Waals surface area contributed by atoms with E-state index in [-0.39, 0.29) is 6.61 Å². The predicted molar refractivity (Wildman–Crippen MR) is 120 cm³/mol. The summed E-state index contributed by atoms with van der Waals surface area (Å²) in [5.74, 6) is 0. The average Bonchev–Trinajstić information content (AvgIpc) is 3.13. The molecular formula is C23H23ClN2O2S. The highest BCUT2D eigenvalue weighted by molar-refractivity contribution is 7.19. The number of thiophene rings is 1. The van der Waals surface area contributed by atoms with Crippen molar-refractivity contribution in [3.8, 4) is 11.3 Å². The van der Waals surface area contributed by atoms with Crippen molar-refractivity contribution in [2.24, 2.45) is 5.73 Å². The molecule has 2 heterocycles. The zero-order valence-corrected chi connectivity index (χ0v) is 17.7. The SMILES string of the molecule is CC(O)(CO)c1ccnc(-c2cccc3cc(CC4=C(Cl)CCC(N)=C4)sc23)c1. The van der Waals surface area contributed by atoms with E-state index in [0.717, 1.165) is 56.9 Å². The van der Waals surface area contributed by atoms with Crippen LogP contribution in [0.1, 0.15) is 30.2 Å². The summed E-state index contributed by atoms with van der Waals surface area (Å²) in [7, 11) is 0. The minimum Gasteiger partial charge on any atom is -0.402 e. The van der Waals surface area contributed by atoms with E-state index >= 15 is 0 Å². The minimum absolute atomic E-state index is 0.351. The average molecular weight is 427 g/mol. The Morgan fingerprint density at radius 1 is 1.24 bits per heavy atom. The summed E-state index contributed by atoms with van der Waals surface area (Å²) in [4.78, 5) is 5.72. The zero-order valence-electron chi connectivity index (χ0n) is 16.2. The number of fused-ring (bicyclic) bond motifs is 1. The van der Waals surface area contributed by atoms with Gasteiger partial charge < -0.3 is 15.9 Å². The van der Waals surface area contributed by atoms with Gasteiger partial charge in [0.25, 0.3) is 0 Å². The molecule has 0 saturated carbocycles. The van der Waals surface area contributed by atoms with E-state index in [1.807, 2.05) is 24.3 Å². The third kappa shape index (κ3) is 4.09. The molecule has 0 amide bonds. The van der Waals surface area contributed by atoms with E-state index in [9.17, 15) is 10.2 Å². The van der Waals surface area contributed by atoms with Gasteiger partial charge in [-0.3, -0.25) is 4.98 Å². The summed E-state index contributed by atoms with van der Waals surface area (Å²) in [6, 6.07) is 11.9. The van der Waals surface area contributed by atoms with Gasteiger partial charge in [0.15, 0.2) is 0 Å². The molecule has 0 aliphatic heterocycles. The number of aliphatic hydroxyl groups excluding tert-OH is 1. The highest BCUT2D eigenvalue weighted by Gasteiger charge is 2.23. The standard InChI is InChI=1S/C23H23ClN2O2S/c1-23(28,13-27)16-7-8-26-21(12-16)19-4-2-3-14-10-18(29-22(14)19)11-15-9-17(25)5-6-20(15)24/h2-4,7-10,12,27-28H,5-6,11,13,25H2,1H3. The van der Waals surface area contributed by atoms with Crippen LogP contribution in [0.15, 0.2) is 65.0 Å². The highest BCUT2D eigenvalue weighted by atomic mass is 35.5. The largest absolute Gasteiger partial charge is 0.402 e. The van der Waals surface area contributed by atoms with E-state index < -0.39 is 5.60 Å². The van der Waals surface area contributed by atoms with Gasteiger partial charge in [-0.15, -0.1) is 11.3 Å². The van der Waals surface area contributed by atoms with E-state index in [4.69, 9.17) is 17.3 Å². The molecular weight excluding hydrogens is 404 g/mol. The van der Waals surface area contributed by atoms with Crippen molar-refractivity contribution in [1.82, 2.24) is 4.98 Å². The molecule has 3 aromatic rings. The molecule has 0 radical (unpaired) electrons. The number of hydrogen-bond donors (Lipinski definition) is 3. The summed E-state index contributed by atoms with van der Waals surface area (Å²) < 4.78 is 1.14. The van der Waals surface area contributed by atoms with Crippen molar-refractivity contribution in [2.45, 2.75) is 31.8 Å². The fraction of sp³-hybridized carbons (Fsp3) is 0.261. The summed E-state index contributed by atoms with van der Waals surface area (Å²) in [6.45, 7) is 1.24. The molecule has 1 unspecified atom stereocenters. The van der Waals surface area contributed by atoms with E-state index in [2.05, 4.69) is 17.1 Å². The Bertz CT molecular complexity index is 1130. The van der Waals surface area contributed by atoms with Gasteiger partial charge in [0, 0.05) is 38.5 Å². The van der Waals surface area contributed by atoms with Crippen LogP contribution in [0.5, 0.6) is 0 Å². The van der Waals surface area contributed by atoms with Crippen molar-refractivity contribution in [2.75, 3.05) is 6.61 Å². The molecule has 1 aliphatic carbocycles. The maximum absolute atomic E-state index is 10.4. The van der Waals surface area contributed by atoms with E-state index in [1.165, 1.54) is 4.88 Å². The van der Waals surface area contributed by atoms with Crippen LogP contribution < -0.4 is 5.73 Å². The molecule has 0 saturated heterocycles. The molecule has 4 N–H and O–H groups in total. The van der Waals surface area contributed by atoms with Crippen LogP contribution in [-0.4, -0.2) is 21.8 Å². The lowest BCUT2D eigenvalue weighted by atomic mass is 9.96. The van der Waals surface area contributed by atoms with E-state index in [1.54, 1.807) is 30.5 Å². The molecule has 0 bridgehead atoms. The topological polar surface area (TPSA) is 79.4 Å². The monoisotopic (exact) mass is 426 g/mol. The Hall–Kier alpha value is -2.18. The maximum Gasteiger partial charge on any atom is 0.110 e. The van der Waals surface area contributed by atoms with Crippen molar-refractivity contribution in [3.05, 3.63) is 75.4 Å². The summed E-state index contributed by atoms with van der Waals surface area (Å²) in [5, 5.41) is 21.9. The molecule has 29 heavy (non-hydrogen) atoms. The quantitative estimate of drug-likeness (QED) is 0.545. The second-order valence-electron chi connectivity index (χ2n) is 7.62. The van der Waals surface area contributed by atoms with Crippen molar-refractivity contribution < 1.29 is 10.2 Å². The number of nitrogens with two attached hydrogens (primary N) is 1. The number of aromatic nitrogens is 1. The molecule has 1 aliphatic rings. The van der Waals surface area contributed by atoms with Gasteiger partial charge in [-0.2, -0.15) is 0 Å². The van der Waals surface area contributed by atoms with Gasteiger partial charge in [0.2, 0.25) is 0 Å². The fourth-order valence-electron chi connectivity index (χ4n) is 3.53. The number of aliphatic hydroxyl groups is 2. The summed E-state index contributed by atoms with van der Waals surface area (Å²) in [6.07, 6.45) is 6.04. The number of halogens is 1. The summed E-state index contributed by atoms with van der Waals surface area (Å²) in [5.41, 5.74) is 9.08. The third-order valence-corrected chi connectivity index (χ3v) is 6.88. The first-order valence-electron chi connectivity index (χ1n) is 9.52. The molecule has 4 rings (SSSR count). The molecule has 2 aromatic heterocycles. The smallest absolute Gasteiger partial charge is 0.110 e. The number of allylic oxidation sites excluding steroid dienone is 4. The Balaban J connectivity index is 1.74. The lowest BCUT2D eigenvalue weighted by molar-refractivity contribution is -0.00230. The molecule has 6 heteroatoms. The number of hydrogen-bond acceptors (Lipinski definition) is 5. The number of nitrogens with zero attached hydrogens (tertiary/aromatic N) is 1. The number of benzene rings is 1. The molecule has 1 atom stereocenters. The fourth-order valence-corrected chi connectivity index (χ4v) is 4.95. The Morgan fingerprint density at radius 2 is 2.07 bits per heavy atom. The first-order chi connectivity index (χ1) is 13.9. The normalized spacial score (nSPS) is 16.8.